The number of halogens is 2. The van der Waals surface area contributed by atoms with Crippen LogP contribution in [0, 0.1) is 19.7 Å². The normalized spacial score (nSPS) is 10.6. The summed E-state index contributed by atoms with van der Waals surface area (Å²) in [6.07, 6.45) is 0.465. The monoisotopic (exact) mass is 334 g/mol. The maximum Gasteiger partial charge on any atom is 0.141 e. The molecule has 0 saturated carbocycles. The molecule has 0 radical (unpaired) electrons. The lowest BCUT2D eigenvalue weighted by Gasteiger charge is -2.06. The molecule has 0 aromatic heterocycles. The van der Waals surface area contributed by atoms with Gasteiger partial charge >= 0.3 is 0 Å². The quantitative estimate of drug-likeness (QED) is 0.801. The van der Waals surface area contributed by atoms with Crippen LogP contribution in [0.15, 0.2) is 40.9 Å². The van der Waals surface area contributed by atoms with E-state index in [2.05, 4.69) is 22.0 Å². The molecule has 0 fully saturated rings. The molecule has 0 bridgehead atoms. The minimum Gasteiger partial charge on any atom is -0.299 e. The minimum absolute atomic E-state index is 0.0204. The second-order valence-corrected chi connectivity index (χ2v) is 6.04. The van der Waals surface area contributed by atoms with Crippen LogP contribution in [0.1, 0.15) is 22.3 Å². The van der Waals surface area contributed by atoms with Gasteiger partial charge in [0.05, 0.1) is 0 Å². The van der Waals surface area contributed by atoms with E-state index in [-0.39, 0.29) is 18.0 Å². The molecule has 0 spiro atoms. The number of benzene rings is 2. The zero-order chi connectivity index (χ0) is 14.7. The van der Waals surface area contributed by atoms with Crippen molar-refractivity contribution in [3.8, 4) is 0 Å². The molecule has 0 atom stereocenters. The lowest BCUT2D eigenvalue weighted by molar-refractivity contribution is -0.117. The maximum atomic E-state index is 13.6. The topological polar surface area (TPSA) is 17.1 Å². The molecule has 3 heteroatoms. The number of carbonyl (C=O) groups is 1. The van der Waals surface area contributed by atoms with Crippen LogP contribution in [0.5, 0.6) is 0 Å². The van der Waals surface area contributed by atoms with Gasteiger partial charge in [-0.25, -0.2) is 4.39 Å². The van der Waals surface area contributed by atoms with Gasteiger partial charge < -0.3 is 0 Å². The Labute approximate surface area is 127 Å². The van der Waals surface area contributed by atoms with Crippen LogP contribution >= 0.6 is 15.9 Å². The molecule has 0 aliphatic rings. The number of aryl methyl sites for hydroxylation is 2. The highest BCUT2D eigenvalue weighted by molar-refractivity contribution is 9.10. The lowest BCUT2D eigenvalue weighted by atomic mass is 9.99. The summed E-state index contributed by atoms with van der Waals surface area (Å²) in [5.41, 5.74) is 3.71. The second-order valence-electron chi connectivity index (χ2n) is 5.12. The van der Waals surface area contributed by atoms with E-state index in [0.29, 0.717) is 12.0 Å². The Balaban J connectivity index is 2.11. The molecule has 2 aromatic rings. The van der Waals surface area contributed by atoms with Crippen molar-refractivity contribution in [3.63, 3.8) is 0 Å². The molecule has 1 nitrogen and oxygen atoms in total. The first-order valence-corrected chi connectivity index (χ1v) is 7.26. The fourth-order valence-corrected chi connectivity index (χ4v) is 2.76. The Hall–Kier alpha value is -1.48. The van der Waals surface area contributed by atoms with Crippen molar-refractivity contribution in [1.29, 1.82) is 0 Å². The summed E-state index contributed by atoms with van der Waals surface area (Å²) in [6, 6.07) is 10.7. The van der Waals surface area contributed by atoms with Gasteiger partial charge in [0.25, 0.3) is 0 Å². The summed E-state index contributed by atoms with van der Waals surface area (Å²) in [4.78, 5) is 12.1. The summed E-state index contributed by atoms with van der Waals surface area (Å²) >= 11 is 3.29. The van der Waals surface area contributed by atoms with Crippen LogP contribution in [0.2, 0.25) is 0 Å². The predicted molar refractivity (Wildman–Crippen MR) is 82.4 cm³/mol. The van der Waals surface area contributed by atoms with E-state index in [4.69, 9.17) is 0 Å². The number of Topliss-reactive ketones (excluding diaryl/α,β-unsaturated/α-hetero) is 1. The Morgan fingerprint density at radius 2 is 1.70 bits per heavy atom. The van der Waals surface area contributed by atoms with Crippen molar-refractivity contribution in [2.75, 3.05) is 0 Å². The number of hydrogen-bond acceptors (Lipinski definition) is 1. The van der Waals surface area contributed by atoms with Crippen molar-refractivity contribution in [2.45, 2.75) is 26.7 Å². The van der Waals surface area contributed by atoms with Crippen LogP contribution in [-0.2, 0) is 17.6 Å². The first-order valence-electron chi connectivity index (χ1n) is 6.47. The summed E-state index contributed by atoms with van der Waals surface area (Å²) in [5.74, 6) is -0.311. The average Bonchev–Trinajstić information content (AvgIpc) is 2.32. The van der Waals surface area contributed by atoms with Gasteiger partial charge in [-0.2, -0.15) is 0 Å². The standard InChI is InChI=1S/C17H16BrFO/c1-11-5-12(2)7-13(6-11)8-16(20)10-14-9-15(18)3-4-17(14)19/h3-7,9H,8,10H2,1-2H3. The molecule has 0 amide bonds. The van der Waals surface area contributed by atoms with Crippen molar-refractivity contribution < 1.29 is 9.18 Å². The summed E-state index contributed by atoms with van der Waals surface area (Å²) in [5, 5.41) is 0. The molecule has 0 aliphatic carbocycles. The number of carbonyl (C=O) groups excluding carboxylic acids is 1. The van der Waals surface area contributed by atoms with E-state index in [0.717, 1.165) is 21.2 Å². The zero-order valence-corrected chi connectivity index (χ0v) is 13.1. The smallest absolute Gasteiger partial charge is 0.141 e. The summed E-state index contributed by atoms with van der Waals surface area (Å²) in [6.45, 7) is 4.02. The first kappa shape index (κ1) is 14.9. The van der Waals surface area contributed by atoms with Gasteiger partial charge in [-0.05, 0) is 43.2 Å². The number of hydrogen-bond donors (Lipinski definition) is 0. The third-order valence-electron chi connectivity index (χ3n) is 3.08. The van der Waals surface area contributed by atoms with E-state index in [1.54, 1.807) is 12.1 Å². The maximum absolute atomic E-state index is 13.6. The predicted octanol–water partition coefficient (Wildman–Crippen LogP) is 4.56. The molecule has 2 rings (SSSR count). The van der Waals surface area contributed by atoms with E-state index in [1.807, 2.05) is 26.0 Å². The second kappa shape index (κ2) is 6.31. The fourth-order valence-electron chi connectivity index (χ4n) is 2.35. The lowest BCUT2D eigenvalue weighted by Crippen LogP contribution is -2.08. The highest BCUT2D eigenvalue weighted by atomic mass is 79.9. The molecule has 0 heterocycles. The number of rotatable bonds is 4. The van der Waals surface area contributed by atoms with E-state index in [1.165, 1.54) is 6.07 Å². The van der Waals surface area contributed by atoms with Crippen LogP contribution < -0.4 is 0 Å². The molecular formula is C17H16BrFO. The van der Waals surface area contributed by atoms with Crippen molar-refractivity contribution in [1.82, 2.24) is 0 Å². The van der Waals surface area contributed by atoms with E-state index >= 15 is 0 Å². The van der Waals surface area contributed by atoms with Gasteiger partial charge in [-0.3, -0.25) is 4.79 Å². The Morgan fingerprint density at radius 3 is 2.35 bits per heavy atom. The van der Waals surface area contributed by atoms with Gasteiger partial charge in [0.2, 0.25) is 0 Å². The molecular weight excluding hydrogens is 319 g/mol. The molecule has 0 saturated heterocycles. The van der Waals surface area contributed by atoms with Crippen molar-refractivity contribution >= 4 is 21.7 Å². The third-order valence-corrected chi connectivity index (χ3v) is 3.57. The molecule has 104 valence electrons. The van der Waals surface area contributed by atoms with Crippen LogP contribution in [-0.4, -0.2) is 5.78 Å². The van der Waals surface area contributed by atoms with Crippen LogP contribution in [0.25, 0.3) is 0 Å². The zero-order valence-electron chi connectivity index (χ0n) is 11.5. The highest BCUT2D eigenvalue weighted by Crippen LogP contribution is 2.17. The Kier molecular flexibility index (Phi) is 4.71. The number of ketones is 1. The SMILES string of the molecule is Cc1cc(C)cc(CC(=O)Cc2cc(Br)ccc2F)c1. The summed E-state index contributed by atoms with van der Waals surface area (Å²) < 4.78 is 14.4. The van der Waals surface area contributed by atoms with E-state index < -0.39 is 0 Å². The molecule has 2 aromatic carbocycles. The van der Waals surface area contributed by atoms with Crippen LogP contribution in [0.3, 0.4) is 0 Å². The largest absolute Gasteiger partial charge is 0.299 e. The van der Waals surface area contributed by atoms with E-state index in [9.17, 15) is 9.18 Å². The van der Waals surface area contributed by atoms with Gasteiger partial charge in [0.15, 0.2) is 0 Å². The minimum atomic E-state index is -0.332. The van der Waals surface area contributed by atoms with Gasteiger partial charge in [0.1, 0.15) is 11.6 Å². The van der Waals surface area contributed by atoms with Crippen molar-refractivity contribution in [2.24, 2.45) is 0 Å². The molecule has 0 unspecified atom stereocenters. The van der Waals surface area contributed by atoms with Gasteiger partial charge in [-0.1, -0.05) is 45.3 Å². The first-order chi connectivity index (χ1) is 9.44. The highest BCUT2D eigenvalue weighted by Gasteiger charge is 2.10. The Morgan fingerprint density at radius 1 is 1.05 bits per heavy atom. The van der Waals surface area contributed by atoms with Gasteiger partial charge in [0, 0.05) is 17.3 Å². The molecule has 20 heavy (non-hydrogen) atoms. The summed E-state index contributed by atoms with van der Waals surface area (Å²) in [7, 11) is 0. The average molecular weight is 335 g/mol. The third kappa shape index (κ3) is 4.01. The molecule has 0 N–H and O–H groups in total. The fraction of sp³-hybridized carbons (Fsp3) is 0.235. The van der Waals surface area contributed by atoms with Crippen LogP contribution in [0.4, 0.5) is 4.39 Å². The Bertz CT molecular complexity index is 629. The molecule has 0 aliphatic heterocycles. The van der Waals surface area contributed by atoms with Gasteiger partial charge in [-0.15, -0.1) is 0 Å². The van der Waals surface area contributed by atoms with Crippen molar-refractivity contribution in [3.05, 3.63) is 68.9 Å².